The number of aromatic nitrogens is 4. The van der Waals surface area contributed by atoms with E-state index in [1.54, 1.807) is 10.9 Å². The van der Waals surface area contributed by atoms with Crippen LogP contribution < -0.4 is 0 Å². The molecule has 6 nitrogen and oxygen atoms in total. The quantitative estimate of drug-likeness (QED) is 0.668. The average Bonchev–Trinajstić information content (AvgIpc) is 2.81. The number of nitrogens with zero attached hydrogens (tertiary/aromatic N) is 4. The normalized spacial score (nSPS) is 11.9. The third-order valence-electron chi connectivity index (χ3n) is 2.96. The predicted molar refractivity (Wildman–Crippen MR) is 74.5 cm³/mol. The van der Waals surface area contributed by atoms with Crippen molar-refractivity contribution in [2.75, 3.05) is 6.26 Å². The number of hydrogen-bond donors (Lipinski definition) is 0. The fourth-order valence-electron chi connectivity index (χ4n) is 1.96. The molecule has 2 heterocycles. The van der Waals surface area contributed by atoms with Gasteiger partial charge in [-0.1, -0.05) is 18.2 Å². The molecule has 20 heavy (non-hydrogen) atoms. The summed E-state index contributed by atoms with van der Waals surface area (Å²) >= 11 is 0. The molecule has 3 aromatic rings. The van der Waals surface area contributed by atoms with Gasteiger partial charge in [0, 0.05) is 12.5 Å². The second-order valence-corrected chi connectivity index (χ2v) is 6.46. The van der Waals surface area contributed by atoms with Crippen LogP contribution >= 0.6 is 0 Å². The van der Waals surface area contributed by atoms with Gasteiger partial charge in [0.15, 0.2) is 5.65 Å². The van der Waals surface area contributed by atoms with Crippen molar-refractivity contribution in [1.82, 2.24) is 19.7 Å². The van der Waals surface area contributed by atoms with Crippen molar-refractivity contribution in [3.8, 4) is 5.69 Å². The predicted octanol–water partition coefficient (Wildman–Crippen LogP) is 1.53. The number of rotatable bonds is 2. The molecule has 0 spiro atoms. The molecule has 0 N–H and O–H groups in total. The van der Waals surface area contributed by atoms with Crippen LogP contribution in [0.2, 0.25) is 0 Å². The van der Waals surface area contributed by atoms with Crippen LogP contribution in [0.1, 0.15) is 5.56 Å². The number of hydrogen-bond acceptors (Lipinski definition) is 5. The Kier molecular flexibility index (Phi) is 2.79. The van der Waals surface area contributed by atoms with E-state index < -0.39 is 9.84 Å². The molecule has 102 valence electrons. The molecule has 0 unspecified atom stereocenters. The summed E-state index contributed by atoms with van der Waals surface area (Å²) in [7, 11) is -3.44. The Balaban J connectivity index is 2.30. The van der Waals surface area contributed by atoms with E-state index in [-0.39, 0.29) is 5.16 Å². The Morgan fingerprint density at radius 3 is 2.60 bits per heavy atom. The first-order valence-electron chi connectivity index (χ1n) is 5.93. The Morgan fingerprint density at radius 2 is 1.90 bits per heavy atom. The van der Waals surface area contributed by atoms with Crippen molar-refractivity contribution >= 4 is 20.9 Å². The lowest BCUT2D eigenvalue weighted by Crippen LogP contribution is -2.06. The number of fused-ring (bicyclic) bond motifs is 1. The average molecular weight is 288 g/mol. The molecular weight excluding hydrogens is 276 g/mol. The summed E-state index contributed by atoms with van der Waals surface area (Å²) in [6, 6.07) is 7.70. The molecule has 0 aliphatic carbocycles. The van der Waals surface area contributed by atoms with Gasteiger partial charge in [-0.2, -0.15) is 10.1 Å². The maximum absolute atomic E-state index is 11.6. The summed E-state index contributed by atoms with van der Waals surface area (Å²) in [6.07, 6.45) is 4.18. The maximum atomic E-state index is 11.6. The second kappa shape index (κ2) is 4.38. The lowest BCUT2D eigenvalue weighted by molar-refractivity contribution is 0.593. The minimum atomic E-state index is -3.44. The smallest absolute Gasteiger partial charge is 0.226 e. The fourth-order valence-corrected chi connectivity index (χ4v) is 2.45. The van der Waals surface area contributed by atoms with Gasteiger partial charge in [-0.3, -0.25) is 0 Å². The molecule has 0 saturated heterocycles. The van der Waals surface area contributed by atoms with Crippen molar-refractivity contribution in [3.05, 3.63) is 42.2 Å². The van der Waals surface area contributed by atoms with Gasteiger partial charge in [-0.05, 0) is 18.6 Å². The number of sulfone groups is 1. The van der Waals surface area contributed by atoms with E-state index in [1.807, 2.05) is 31.2 Å². The molecule has 0 fully saturated rings. The molecule has 0 aliphatic heterocycles. The van der Waals surface area contributed by atoms with Gasteiger partial charge < -0.3 is 0 Å². The zero-order valence-electron chi connectivity index (χ0n) is 11.0. The monoisotopic (exact) mass is 288 g/mol. The van der Waals surface area contributed by atoms with Gasteiger partial charge in [0.2, 0.25) is 15.0 Å². The molecule has 1 aromatic carbocycles. The highest BCUT2D eigenvalue weighted by atomic mass is 32.2. The van der Waals surface area contributed by atoms with Crippen LogP contribution in [-0.4, -0.2) is 34.4 Å². The summed E-state index contributed by atoms with van der Waals surface area (Å²) in [5.74, 6) is 0. The summed E-state index contributed by atoms with van der Waals surface area (Å²) in [5.41, 5.74) is 2.37. The Hall–Kier alpha value is -2.28. The Labute approximate surface area is 116 Å². The highest BCUT2D eigenvalue weighted by Gasteiger charge is 2.15. The molecular formula is C13H12N4O2S. The van der Waals surface area contributed by atoms with Gasteiger partial charge in [0.25, 0.3) is 0 Å². The van der Waals surface area contributed by atoms with E-state index in [1.165, 1.54) is 6.20 Å². The SMILES string of the molecule is Cc1ccccc1-n1ncc2cnc(S(C)(=O)=O)nc21. The number of aryl methyl sites for hydroxylation is 1. The minimum Gasteiger partial charge on any atom is -0.226 e. The maximum Gasteiger partial charge on any atom is 0.248 e. The highest BCUT2D eigenvalue weighted by molar-refractivity contribution is 7.90. The molecule has 2 aromatic heterocycles. The summed E-state index contributed by atoms with van der Waals surface area (Å²) in [5, 5.41) is 4.77. The lowest BCUT2D eigenvalue weighted by Gasteiger charge is -2.06. The van der Waals surface area contributed by atoms with E-state index >= 15 is 0 Å². The van der Waals surface area contributed by atoms with Gasteiger partial charge in [0.05, 0.1) is 17.3 Å². The van der Waals surface area contributed by atoms with Gasteiger partial charge in [-0.25, -0.2) is 18.1 Å². The molecule has 0 bridgehead atoms. The molecule has 7 heteroatoms. The van der Waals surface area contributed by atoms with Crippen LogP contribution in [0, 0.1) is 6.92 Å². The van der Waals surface area contributed by atoms with Crippen LogP contribution in [-0.2, 0) is 9.84 Å². The summed E-state index contributed by atoms with van der Waals surface area (Å²) in [4.78, 5) is 7.98. The first kappa shape index (κ1) is 12.7. The Bertz CT molecular complexity index is 900. The fraction of sp³-hybridized carbons (Fsp3) is 0.154. The van der Waals surface area contributed by atoms with Crippen molar-refractivity contribution in [1.29, 1.82) is 0 Å². The molecule has 0 atom stereocenters. The van der Waals surface area contributed by atoms with E-state index in [4.69, 9.17) is 0 Å². The molecule has 0 aliphatic rings. The van der Waals surface area contributed by atoms with Gasteiger partial charge >= 0.3 is 0 Å². The summed E-state index contributed by atoms with van der Waals surface area (Å²) in [6.45, 7) is 1.96. The van der Waals surface area contributed by atoms with Crippen molar-refractivity contribution < 1.29 is 8.42 Å². The third kappa shape index (κ3) is 2.05. The van der Waals surface area contributed by atoms with E-state index in [0.717, 1.165) is 17.5 Å². The first-order chi connectivity index (χ1) is 9.47. The number of para-hydroxylation sites is 1. The number of benzene rings is 1. The largest absolute Gasteiger partial charge is 0.248 e. The lowest BCUT2D eigenvalue weighted by atomic mass is 10.2. The van der Waals surface area contributed by atoms with E-state index in [0.29, 0.717) is 11.0 Å². The van der Waals surface area contributed by atoms with Gasteiger partial charge in [0.1, 0.15) is 0 Å². The molecule has 0 radical (unpaired) electrons. The molecule has 0 saturated carbocycles. The van der Waals surface area contributed by atoms with Crippen LogP contribution in [0.15, 0.2) is 41.8 Å². The van der Waals surface area contributed by atoms with Crippen molar-refractivity contribution in [2.24, 2.45) is 0 Å². The molecule has 0 amide bonds. The second-order valence-electron chi connectivity index (χ2n) is 4.55. The molecule has 3 rings (SSSR count). The highest BCUT2D eigenvalue weighted by Crippen LogP contribution is 2.19. The third-order valence-corrected chi connectivity index (χ3v) is 3.82. The van der Waals surface area contributed by atoms with E-state index in [2.05, 4.69) is 15.1 Å². The first-order valence-corrected chi connectivity index (χ1v) is 7.83. The minimum absolute atomic E-state index is 0.194. The zero-order chi connectivity index (χ0) is 14.3. The van der Waals surface area contributed by atoms with E-state index in [9.17, 15) is 8.42 Å². The summed E-state index contributed by atoms with van der Waals surface area (Å²) < 4.78 is 24.7. The van der Waals surface area contributed by atoms with Crippen LogP contribution in [0.5, 0.6) is 0 Å². The standard InChI is InChI=1S/C13H12N4O2S/c1-9-5-3-4-6-11(9)17-12-10(8-15-17)7-14-13(16-12)20(2,18)19/h3-8H,1-2H3. The van der Waals surface area contributed by atoms with Crippen LogP contribution in [0.25, 0.3) is 16.7 Å². The van der Waals surface area contributed by atoms with Crippen molar-refractivity contribution in [3.63, 3.8) is 0 Å². The topological polar surface area (TPSA) is 77.7 Å². The van der Waals surface area contributed by atoms with Crippen molar-refractivity contribution in [2.45, 2.75) is 12.1 Å². The Morgan fingerprint density at radius 1 is 1.15 bits per heavy atom. The van der Waals surface area contributed by atoms with Crippen LogP contribution in [0.3, 0.4) is 0 Å². The zero-order valence-corrected chi connectivity index (χ0v) is 11.8. The van der Waals surface area contributed by atoms with Crippen LogP contribution in [0.4, 0.5) is 0 Å². The van der Waals surface area contributed by atoms with Gasteiger partial charge in [-0.15, -0.1) is 0 Å².